The molecule has 2 aliphatic rings. The fraction of sp³-hybridized carbons (Fsp3) is 0.333. The maximum atomic E-state index is 13.2. The second-order valence-corrected chi connectivity index (χ2v) is 9.54. The molecule has 1 aromatic heterocycles. The van der Waals surface area contributed by atoms with Crippen molar-refractivity contribution in [3.05, 3.63) is 70.9 Å². The smallest absolute Gasteiger partial charge is 0.220 e. The van der Waals surface area contributed by atoms with E-state index in [0.29, 0.717) is 6.42 Å². The number of aryl methyl sites for hydroxylation is 2. The predicted octanol–water partition coefficient (Wildman–Crippen LogP) is 5.29. The van der Waals surface area contributed by atoms with Crippen LogP contribution in [0.2, 0.25) is 0 Å². The van der Waals surface area contributed by atoms with E-state index < -0.39 is 0 Å². The number of carbonyl (C=O) groups is 1. The van der Waals surface area contributed by atoms with E-state index in [4.69, 9.17) is 0 Å². The summed E-state index contributed by atoms with van der Waals surface area (Å²) < 4.78 is 2.43. The maximum absolute atomic E-state index is 13.2. The number of nitrogens with zero attached hydrogens (tertiary/aromatic N) is 2. The molecule has 3 aromatic rings. The number of fused-ring (bicyclic) bond motifs is 2. The van der Waals surface area contributed by atoms with Crippen LogP contribution in [-0.2, 0) is 13.0 Å². The van der Waals surface area contributed by atoms with Gasteiger partial charge in [0.15, 0.2) is 5.78 Å². The standard InChI is InChI=1S/C27H29N2O/c1-27(2)17-24(30)22-16-20-8-5-7-19-9-6-14-29(25(19)20)26(22)23(27)15-18-10-12-21(13-11-18)28(3)4/h5,7-8,10-13,15-16H,6,9,14,17H2,1-4H3/q+1. The van der Waals surface area contributed by atoms with E-state index in [1.165, 1.54) is 33.3 Å². The van der Waals surface area contributed by atoms with Gasteiger partial charge in [0.05, 0.1) is 5.56 Å². The summed E-state index contributed by atoms with van der Waals surface area (Å²) in [6.45, 7) is 5.39. The molecule has 0 spiro atoms. The molecular formula is C27H29N2O+. The van der Waals surface area contributed by atoms with Crippen molar-refractivity contribution in [3.8, 4) is 0 Å². The quantitative estimate of drug-likeness (QED) is 0.549. The second kappa shape index (κ2) is 6.80. The van der Waals surface area contributed by atoms with E-state index in [9.17, 15) is 4.79 Å². The fourth-order valence-corrected chi connectivity index (χ4v) is 5.11. The van der Waals surface area contributed by atoms with Crippen LogP contribution in [0.15, 0.2) is 48.5 Å². The van der Waals surface area contributed by atoms with Crippen LogP contribution in [0.3, 0.4) is 0 Å². The molecule has 0 bridgehead atoms. The summed E-state index contributed by atoms with van der Waals surface area (Å²) in [6, 6.07) is 17.3. The van der Waals surface area contributed by atoms with Gasteiger partial charge in [-0.05, 0) is 42.3 Å². The minimum absolute atomic E-state index is 0.201. The largest absolute Gasteiger partial charge is 0.378 e. The Morgan fingerprint density at radius 1 is 1.07 bits per heavy atom. The number of rotatable bonds is 2. The number of aromatic nitrogens is 1. The van der Waals surface area contributed by atoms with Gasteiger partial charge < -0.3 is 4.90 Å². The molecule has 0 N–H and O–H groups in total. The first-order valence-electron chi connectivity index (χ1n) is 10.9. The highest BCUT2D eigenvalue weighted by atomic mass is 16.1. The van der Waals surface area contributed by atoms with Crippen LogP contribution in [-0.4, -0.2) is 19.9 Å². The van der Waals surface area contributed by atoms with Crippen molar-refractivity contribution in [2.24, 2.45) is 5.41 Å². The number of para-hydroxylation sites is 1. The minimum atomic E-state index is -0.201. The van der Waals surface area contributed by atoms with Crippen molar-refractivity contribution < 1.29 is 9.36 Å². The van der Waals surface area contributed by atoms with E-state index in [-0.39, 0.29) is 11.2 Å². The molecule has 3 nitrogen and oxygen atoms in total. The van der Waals surface area contributed by atoms with Gasteiger partial charge in [-0.3, -0.25) is 4.79 Å². The first kappa shape index (κ1) is 19.0. The number of Topliss-reactive ketones (excluding diaryl/α,β-unsaturated/α-hetero) is 1. The number of pyridine rings is 1. The van der Waals surface area contributed by atoms with E-state index in [2.05, 4.69) is 92.0 Å². The molecule has 1 aliphatic heterocycles. The molecule has 2 heterocycles. The van der Waals surface area contributed by atoms with E-state index in [1.807, 2.05) is 0 Å². The molecule has 0 fully saturated rings. The lowest BCUT2D eigenvalue weighted by atomic mass is 9.70. The molecule has 0 amide bonds. The van der Waals surface area contributed by atoms with E-state index in [1.54, 1.807) is 0 Å². The van der Waals surface area contributed by atoms with Crippen molar-refractivity contribution >= 4 is 34.0 Å². The van der Waals surface area contributed by atoms with Gasteiger partial charge in [-0.25, -0.2) is 0 Å². The molecule has 0 atom stereocenters. The monoisotopic (exact) mass is 397 g/mol. The normalized spacial score (nSPS) is 18.5. The lowest BCUT2D eigenvalue weighted by molar-refractivity contribution is -0.677. The van der Waals surface area contributed by atoms with Gasteiger partial charge in [-0.1, -0.05) is 38.1 Å². The second-order valence-electron chi connectivity index (χ2n) is 9.54. The Labute approximate surface area is 178 Å². The zero-order chi connectivity index (χ0) is 21.0. The average Bonchev–Trinajstić information content (AvgIpc) is 2.72. The van der Waals surface area contributed by atoms with Crippen LogP contribution in [0.4, 0.5) is 5.69 Å². The Balaban J connectivity index is 1.78. The zero-order valence-electron chi connectivity index (χ0n) is 18.3. The summed E-state index contributed by atoms with van der Waals surface area (Å²) in [4.78, 5) is 15.3. The van der Waals surface area contributed by atoms with Crippen molar-refractivity contribution in [1.29, 1.82) is 0 Å². The summed E-state index contributed by atoms with van der Waals surface area (Å²) in [7, 11) is 4.12. The van der Waals surface area contributed by atoms with Crippen LogP contribution in [0.5, 0.6) is 0 Å². The Morgan fingerprint density at radius 2 is 1.83 bits per heavy atom. The van der Waals surface area contributed by atoms with Crippen molar-refractivity contribution in [2.75, 3.05) is 19.0 Å². The molecule has 1 aliphatic carbocycles. The van der Waals surface area contributed by atoms with Crippen molar-refractivity contribution in [2.45, 2.75) is 39.7 Å². The molecule has 5 rings (SSSR count). The first-order valence-corrected chi connectivity index (χ1v) is 10.9. The third-order valence-electron chi connectivity index (χ3n) is 6.68. The Hall–Kier alpha value is -2.94. The summed E-state index contributed by atoms with van der Waals surface area (Å²) in [5.41, 5.74) is 8.16. The van der Waals surface area contributed by atoms with Gasteiger partial charge in [0.1, 0.15) is 6.54 Å². The Morgan fingerprint density at radius 3 is 2.57 bits per heavy atom. The van der Waals surface area contributed by atoms with Crippen LogP contribution in [0.1, 0.15) is 53.9 Å². The summed E-state index contributed by atoms with van der Waals surface area (Å²) in [5, 5.41) is 1.19. The van der Waals surface area contributed by atoms with E-state index in [0.717, 1.165) is 30.6 Å². The number of allylic oxidation sites excluding steroid dienone is 1. The number of hydrogen-bond acceptors (Lipinski definition) is 2. The highest BCUT2D eigenvalue weighted by Gasteiger charge is 2.42. The topological polar surface area (TPSA) is 24.2 Å². The Bertz CT molecular complexity index is 1200. The van der Waals surface area contributed by atoms with Gasteiger partial charge >= 0.3 is 0 Å². The number of anilines is 1. The molecule has 30 heavy (non-hydrogen) atoms. The highest BCUT2D eigenvalue weighted by Crippen LogP contribution is 2.45. The van der Waals surface area contributed by atoms with Crippen LogP contribution < -0.4 is 9.47 Å². The number of carbonyl (C=O) groups excluding carboxylic acids is 1. The summed E-state index contributed by atoms with van der Waals surface area (Å²) in [5.74, 6) is 0.261. The average molecular weight is 398 g/mol. The number of benzene rings is 2. The van der Waals surface area contributed by atoms with Gasteiger partial charge in [-0.15, -0.1) is 0 Å². The third-order valence-corrected chi connectivity index (χ3v) is 6.68. The zero-order valence-corrected chi connectivity index (χ0v) is 18.3. The predicted molar refractivity (Wildman–Crippen MR) is 124 cm³/mol. The molecule has 0 saturated carbocycles. The van der Waals surface area contributed by atoms with Crippen molar-refractivity contribution in [1.82, 2.24) is 0 Å². The minimum Gasteiger partial charge on any atom is -0.378 e. The highest BCUT2D eigenvalue weighted by molar-refractivity contribution is 6.08. The molecule has 0 saturated heterocycles. The Kier molecular flexibility index (Phi) is 4.32. The molecule has 3 heteroatoms. The molecule has 2 aromatic carbocycles. The molecule has 0 unspecified atom stereocenters. The maximum Gasteiger partial charge on any atom is 0.220 e. The number of ketones is 1. The molecule has 152 valence electrons. The molecule has 0 radical (unpaired) electrons. The van der Waals surface area contributed by atoms with Gasteiger partial charge in [0.2, 0.25) is 11.2 Å². The lowest BCUT2D eigenvalue weighted by Gasteiger charge is -2.32. The van der Waals surface area contributed by atoms with Crippen LogP contribution in [0, 0.1) is 5.41 Å². The van der Waals surface area contributed by atoms with Crippen LogP contribution in [0.25, 0.3) is 22.6 Å². The lowest BCUT2D eigenvalue weighted by Crippen LogP contribution is -2.47. The van der Waals surface area contributed by atoms with Gasteiger partial charge in [0, 0.05) is 54.6 Å². The fourth-order valence-electron chi connectivity index (χ4n) is 5.11. The van der Waals surface area contributed by atoms with Gasteiger partial charge in [-0.2, -0.15) is 4.57 Å². The molecular weight excluding hydrogens is 368 g/mol. The summed E-state index contributed by atoms with van der Waals surface area (Å²) >= 11 is 0. The van der Waals surface area contributed by atoms with Crippen molar-refractivity contribution in [3.63, 3.8) is 0 Å². The van der Waals surface area contributed by atoms with Gasteiger partial charge in [0.25, 0.3) is 0 Å². The summed E-state index contributed by atoms with van der Waals surface area (Å²) in [6.07, 6.45) is 5.08. The number of hydrogen-bond donors (Lipinski definition) is 0. The first-order chi connectivity index (χ1) is 14.3. The van der Waals surface area contributed by atoms with E-state index >= 15 is 0 Å². The van der Waals surface area contributed by atoms with Crippen LogP contribution >= 0.6 is 0 Å². The SMILES string of the molecule is CN(C)c1ccc(/C=C2\c3c(cc4cccc5c4[n+]3CCC5)C(=O)CC2(C)C)cc1. The third kappa shape index (κ3) is 2.96.